The van der Waals surface area contributed by atoms with Crippen LogP contribution in [0.3, 0.4) is 0 Å². The van der Waals surface area contributed by atoms with Crippen molar-refractivity contribution in [2.45, 2.75) is 33.4 Å². The molecule has 0 unspecified atom stereocenters. The second-order valence-electron chi connectivity index (χ2n) is 6.22. The third-order valence-electron chi connectivity index (χ3n) is 3.69. The van der Waals surface area contributed by atoms with Crippen LogP contribution in [0.1, 0.15) is 25.0 Å². The maximum atomic E-state index is 11.9. The van der Waals surface area contributed by atoms with E-state index in [1.807, 2.05) is 39.0 Å². The van der Waals surface area contributed by atoms with Crippen molar-refractivity contribution in [2.24, 2.45) is 11.7 Å². The number of nitrogens with two attached hydrogens (primary N) is 1. The van der Waals surface area contributed by atoms with E-state index < -0.39 is 6.04 Å². The third kappa shape index (κ3) is 8.51. The molecule has 26 heavy (non-hydrogen) atoms. The van der Waals surface area contributed by atoms with Gasteiger partial charge in [-0.1, -0.05) is 26.0 Å². The number of amides is 2. The highest BCUT2D eigenvalue weighted by Crippen LogP contribution is 2.20. The largest absolute Gasteiger partial charge is 0.491 e. The molecule has 8 heteroatoms. The Morgan fingerprint density at radius 2 is 1.88 bits per heavy atom. The van der Waals surface area contributed by atoms with Gasteiger partial charge in [0.25, 0.3) is 0 Å². The zero-order valence-electron chi connectivity index (χ0n) is 15.8. The van der Waals surface area contributed by atoms with Crippen LogP contribution >= 0.6 is 12.4 Å². The van der Waals surface area contributed by atoms with Gasteiger partial charge in [-0.3, -0.25) is 9.59 Å². The van der Waals surface area contributed by atoms with Gasteiger partial charge in [0, 0.05) is 19.2 Å². The Balaban J connectivity index is 0.00000625. The number of hydrogen-bond acceptors (Lipinski definition) is 5. The van der Waals surface area contributed by atoms with Crippen LogP contribution in [0.2, 0.25) is 0 Å². The Bertz CT molecular complexity index is 582. The van der Waals surface area contributed by atoms with Gasteiger partial charge in [-0.2, -0.15) is 0 Å². The van der Waals surface area contributed by atoms with Crippen molar-refractivity contribution in [2.75, 3.05) is 26.9 Å². The summed E-state index contributed by atoms with van der Waals surface area (Å²) in [4.78, 5) is 23.7. The standard InChI is InChI=1S/C18H29N3O4.ClH/c1-12(2)17(19)18(23)21-11-16(22)20-10-14-6-5-13(3)9-15(14)25-8-7-24-4;/h5-6,9,12,17H,7-8,10-11,19H2,1-4H3,(H,20,22)(H,21,23);1H/t17-;/m0./s1. The maximum absolute atomic E-state index is 11.9. The minimum Gasteiger partial charge on any atom is -0.491 e. The van der Waals surface area contributed by atoms with E-state index in [1.165, 1.54) is 0 Å². The maximum Gasteiger partial charge on any atom is 0.239 e. The number of benzene rings is 1. The molecule has 4 N–H and O–H groups in total. The van der Waals surface area contributed by atoms with E-state index in [0.29, 0.717) is 25.5 Å². The third-order valence-corrected chi connectivity index (χ3v) is 3.69. The van der Waals surface area contributed by atoms with Crippen LogP contribution in [-0.4, -0.2) is 44.7 Å². The number of halogens is 1. The first-order chi connectivity index (χ1) is 11.8. The Hall–Kier alpha value is -1.83. The SMILES string of the molecule is COCCOc1cc(C)ccc1CNC(=O)CNC(=O)[C@@H](N)C(C)C.Cl. The molecule has 0 bridgehead atoms. The van der Waals surface area contributed by atoms with Crippen molar-refractivity contribution < 1.29 is 19.1 Å². The van der Waals surface area contributed by atoms with Gasteiger partial charge in [0.15, 0.2) is 0 Å². The molecule has 2 amide bonds. The van der Waals surface area contributed by atoms with E-state index in [9.17, 15) is 9.59 Å². The zero-order chi connectivity index (χ0) is 18.8. The molecule has 1 atom stereocenters. The molecule has 1 rings (SSSR count). The molecule has 0 aliphatic heterocycles. The zero-order valence-corrected chi connectivity index (χ0v) is 16.7. The molecule has 0 spiro atoms. The van der Waals surface area contributed by atoms with Gasteiger partial charge in [-0.25, -0.2) is 0 Å². The number of ether oxygens (including phenoxy) is 2. The lowest BCUT2D eigenvalue weighted by Gasteiger charge is -2.16. The number of carbonyl (C=O) groups is 2. The van der Waals surface area contributed by atoms with Crippen molar-refractivity contribution in [1.82, 2.24) is 10.6 Å². The minimum absolute atomic E-state index is 0. The molecule has 0 aliphatic rings. The van der Waals surface area contributed by atoms with Crippen LogP contribution in [-0.2, 0) is 20.9 Å². The first-order valence-electron chi connectivity index (χ1n) is 8.36. The van der Waals surface area contributed by atoms with E-state index in [0.717, 1.165) is 11.1 Å². The van der Waals surface area contributed by atoms with E-state index in [1.54, 1.807) is 7.11 Å². The fourth-order valence-corrected chi connectivity index (χ4v) is 2.02. The van der Waals surface area contributed by atoms with Crippen molar-refractivity contribution in [1.29, 1.82) is 0 Å². The molecule has 0 saturated carbocycles. The topological polar surface area (TPSA) is 103 Å². The predicted octanol–water partition coefficient (Wildman–Crippen LogP) is 1.16. The summed E-state index contributed by atoms with van der Waals surface area (Å²) >= 11 is 0. The smallest absolute Gasteiger partial charge is 0.239 e. The van der Waals surface area contributed by atoms with Gasteiger partial charge in [0.2, 0.25) is 11.8 Å². The molecule has 0 radical (unpaired) electrons. The number of methoxy groups -OCH3 is 1. The Kier molecular flexibility index (Phi) is 11.6. The van der Waals surface area contributed by atoms with E-state index in [2.05, 4.69) is 10.6 Å². The Morgan fingerprint density at radius 3 is 2.50 bits per heavy atom. The lowest BCUT2D eigenvalue weighted by Crippen LogP contribution is -2.47. The fourth-order valence-electron chi connectivity index (χ4n) is 2.02. The van der Waals surface area contributed by atoms with E-state index >= 15 is 0 Å². The predicted molar refractivity (Wildman–Crippen MR) is 103 cm³/mol. The first kappa shape index (κ1) is 24.2. The van der Waals surface area contributed by atoms with Crippen molar-refractivity contribution >= 4 is 24.2 Å². The molecule has 148 valence electrons. The molecular weight excluding hydrogens is 358 g/mol. The number of aryl methyl sites for hydroxylation is 1. The van der Waals surface area contributed by atoms with Gasteiger partial charge in [-0.15, -0.1) is 12.4 Å². The normalized spacial score (nSPS) is 11.5. The molecule has 0 aromatic heterocycles. The summed E-state index contributed by atoms with van der Waals surface area (Å²) in [6, 6.07) is 5.16. The summed E-state index contributed by atoms with van der Waals surface area (Å²) in [6.07, 6.45) is 0. The Labute approximate surface area is 161 Å². The van der Waals surface area contributed by atoms with Gasteiger partial charge >= 0.3 is 0 Å². The minimum atomic E-state index is -0.620. The van der Waals surface area contributed by atoms with Crippen LogP contribution in [0.5, 0.6) is 5.75 Å². The lowest BCUT2D eigenvalue weighted by molar-refractivity contribution is -0.127. The van der Waals surface area contributed by atoms with Crippen molar-refractivity contribution in [3.05, 3.63) is 29.3 Å². The van der Waals surface area contributed by atoms with Gasteiger partial charge in [-0.05, 0) is 24.5 Å². The number of carbonyl (C=O) groups excluding carboxylic acids is 2. The van der Waals surface area contributed by atoms with Crippen molar-refractivity contribution in [3.63, 3.8) is 0 Å². The number of nitrogens with one attached hydrogen (secondary N) is 2. The van der Waals surface area contributed by atoms with Crippen LogP contribution in [0, 0.1) is 12.8 Å². The molecule has 1 aromatic rings. The summed E-state index contributed by atoms with van der Waals surface area (Å²) in [5.41, 5.74) is 7.66. The summed E-state index contributed by atoms with van der Waals surface area (Å²) in [6.45, 7) is 6.81. The summed E-state index contributed by atoms with van der Waals surface area (Å²) in [5, 5.41) is 5.31. The van der Waals surface area contributed by atoms with Crippen molar-refractivity contribution in [3.8, 4) is 5.75 Å². The summed E-state index contributed by atoms with van der Waals surface area (Å²) in [7, 11) is 1.61. The quantitative estimate of drug-likeness (QED) is 0.523. The highest BCUT2D eigenvalue weighted by Gasteiger charge is 2.17. The highest BCUT2D eigenvalue weighted by atomic mass is 35.5. The molecular formula is C18H30ClN3O4. The van der Waals surface area contributed by atoms with Crippen LogP contribution < -0.4 is 21.1 Å². The van der Waals surface area contributed by atoms with Crippen LogP contribution in [0.25, 0.3) is 0 Å². The van der Waals surface area contributed by atoms with E-state index in [4.69, 9.17) is 15.2 Å². The van der Waals surface area contributed by atoms with E-state index in [-0.39, 0.29) is 36.7 Å². The first-order valence-corrected chi connectivity index (χ1v) is 8.36. The number of rotatable bonds is 10. The second-order valence-corrected chi connectivity index (χ2v) is 6.22. The average Bonchev–Trinajstić information content (AvgIpc) is 2.58. The van der Waals surface area contributed by atoms with Crippen LogP contribution in [0.15, 0.2) is 18.2 Å². The van der Waals surface area contributed by atoms with Crippen LogP contribution in [0.4, 0.5) is 0 Å². The molecule has 1 aromatic carbocycles. The highest BCUT2D eigenvalue weighted by molar-refractivity contribution is 5.87. The summed E-state index contributed by atoms with van der Waals surface area (Å²) in [5.74, 6) is 0.113. The molecule has 0 fully saturated rings. The second kappa shape index (κ2) is 12.5. The summed E-state index contributed by atoms with van der Waals surface area (Å²) < 4.78 is 10.7. The fraction of sp³-hybridized carbons (Fsp3) is 0.556. The monoisotopic (exact) mass is 387 g/mol. The Morgan fingerprint density at radius 1 is 1.19 bits per heavy atom. The average molecular weight is 388 g/mol. The molecule has 0 aliphatic carbocycles. The lowest BCUT2D eigenvalue weighted by atomic mass is 10.1. The number of hydrogen-bond donors (Lipinski definition) is 3. The molecule has 0 saturated heterocycles. The molecule has 7 nitrogen and oxygen atoms in total. The van der Waals surface area contributed by atoms with Gasteiger partial charge in [0.1, 0.15) is 12.4 Å². The molecule has 0 heterocycles. The van der Waals surface area contributed by atoms with Gasteiger partial charge < -0.3 is 25.8 Å². The van der Waals surface area contributed by atoms with Gasteiger partial charge in [0.05, 0.1) is 19.2 Å².